The van der Waals surface area contributed by atoms with Crippen LogP contribution in [0.2, 0.25) is 5.02 Å². The van der Waals surface area contributed by atoms with Crippen LogP contribution in [-0.2, 0) is 22.2 Å². The highest BCUT2D eigenvalue weighted by atomic mass is 35.5. The van der Waals surface area contributed by atoms with E-state index < -0.39 is 10.0 Å². The van der Waals surface area contributed by atoms with Crippen molar-refractivity contribution in [3.8, 4) is 11.6 Å². The normalized spacial score (nSPS) is 11.6. The molecule has 0 amide bonds. The van der Waals surface area contributed by atoms with Gasteiger partial charge in [-0.15, -0.1) is 10.2 Å². The Balaban J connectivity index is 1.54. The lowest BCUT2D eigenvalue weighted by Gasteiger charge is -2.05. The molecule has 0 bridgehead atoms. The zero-order valence-electron chi connectivity index (χ0n) is 13.1. The molecule has 0 aliphatic carbocycles. The molecule has 0 fully saturated rings. The third-order valence-corrected chi connectivity index (χ3v) is 4.89. The first-order valence-electron chi connectivity index (χ1n) is 7.47. The number of aromatic nitrogens is 3. The van der Waals surface area contributed by atoms with Crippen molar-refractivity contribution in [1.29, 1.82) is 0 Å². The van der Waals surface area contributed by atoms with Crippen molar-refractivity contribution in [2.45, 2.75) is 12.2 Å². The van der Waals surface area contributed by atoms with E-state index in [1.165, 1.54) is 0 Å². The van der Waals surface area contributed by atoms with Gasteiger partial charge in [0.05, 0.1) is 5.75 Å². The summed E-state index contributed by atoms with van der Waals surface area (Å²) < 4.78 is 32.2. The van der Waals surface area contributed by atoms with Crippen LogP contribution in [-0.4, -0.2) is 30.1 Å². The fourth-order valence-corrected chi connectivity index (χ4v) is 3.38. The molecule has 2 heterocycles. The zero-order valence-corrected chi connectivity index (χ0v) is 14.7. The number of nitrogens with one attached hydrogen (secondary N) is 1. The van der Waals surface area contributed by atoms with Crippen LogP contribution in [0.3, 0.4) is 0 Å². The summed E-state index contributed by atoms with van der Waals surface area (Å²) in [6.45, 7) is 0.166. The summed E-state index contributed by atoms with van der Waals surface area (Å²) in [5.41, 5.74) is 1.23. The Bertz CT molecular complexity index is 928. The van der Waals surface area contributed by atoms with E-state index in [1.54, 1.807) is 42.6 Å². The van der Waals surface area contributed by atoms with E-state index in [0.717, 1.165) is 0 Å². The van der Waals surface area contributed by atoms with Crippen LogP contribution in [0.25, 0.3) is 11.6 Å². The molecule has 0 unspecified atom stereocenters. The molecular weight excluding hydrogens is 364 g/mol. The molecule has 1 N–H and O–H groups in total. The standard InChI is InChI=1S/C16H15ClN4O3S/c17-13-6-4-12(5-7-13)11-25(22,23)19-10-8-15-20-21-16(24-15)14-3-1-2-9-18-14/h1-7,9,19H,8,10-11H2. The number of pyridine rings is 1. The first-order valence-corrected chi connectivity index (χ1v) is 9.50. The average Bonchev–Trinajstić information content (AvgIpc) is 3.06. The maximum Gasteiger partial charge on any atom is 0.266 e. The third kappa shape index (κ3) is 5.09. The van der Waals surface area contributed by atoms with E-state index >= 15 is 0 Å². The van der Waals surface area contributed by atoms with Crippen molar-refractivity contribution in [3.05, 3.63) is 65.1 Å². The molecule has 9 heteroatoms. The van der Waals surface area contributed by atoms with Crippen molar-refractivity contribution in [3.63, 3.8) is 0 Å². The largest absolute Gasteiger partial charge is 0.419 e. The Hall–Kier alpha value is -2.29. The molecule has 1 aromatic carbocycles. The minimum atomic E-state index is -3.46. The number of rotatable bonds is 7. The molecule has 0 aliphatic rings. The lowest BCUT2D eigenvalue weighted by Crippen LogP contribution is -2.27. The molecule has 0 atom stereocenters. The van der Waals surface area contributed by atoms with Gasteiger partial charge in [-0.05, 0) is 29.8 Å². The highest BCUT2D eigenvalue weighted by molar-refractivity contribution is 7.88. The van der Waals surface area contributed by atoms with Gasteiger partial charge in [0.2, 0.25) is 15.9 Å². The van der Waals surface area contributed by atoms with Gasteiger partial charge in [0.15, 0.2) is 0 Å². The molecule has 0 saturated heterocycles. The van der Waals surface area contributed by atoms with E-state index in [9.17, 15) is 8.42 Å². The van der Waals surface area contributed by atoms with Crippen molar-refractivity contribution in [1.82, 2.24) is 19.9 Å². The zero-order chi connectivity index (χ0) is 17.7. The summed E-state index contributed by atoms with van der Waals surface area (Å²) in [5, 5.41) is 8.37. The molecule has 0 saturated carbocycles. The third-order valence-electron chi connectivity index (χ3n) is 3.28. The van der Waals surface area contributed by atoms with E-state index in [4.69, 9.17) is 16.0 Å². The maximum atomic E-state index is 12.1. The van der Waals surface area contributed by atoms with Crippen LogP contribution in [0.5, 0.6) is 0 Å². The van der Waals surface area contributed by atoms with Crippen LogP contribution in [0, 0.1) is 0 Å². The number of halogens is 1. The van der Waals surface area contributed by atoms with Crippen LogP contribution in [0.15, 0.2) is 53.1 Å². The molecule has 7 nitrogen and oxygen atoms in total. The number of sulfonamides is 1. The van der Waals surface area contributed by atoms with Crippen molar-refractivity contribution in [2.75, 3.05) is 6.54 Å². The molecule has 0 radical (unpaired) electrons. The minimum absolute atomic E-state index is 0.118. The van der Waals surface area contributed by atoms with Crippen molar-refractivity contribution in [2.24, 2.45) is 0 Å². The molecule has 0 aliphatic heterocycles. The number of hydrogen-bond acceptors (Lipinski definition) is 6. The number of nitrogens with zero attached hydrogens (tertiary/aromatic N) is 3. The Morgan fingerprint density at radius 3 is 2.60 bits per heavy atom. The summed E-state index contributed by atoms with van der Waals surface area (Å²) in [6, 6.07) is 12.0. The van der Waals surface area contributed by atoms with Crippen molar-refractivity contribution >= 4 is 21.6 Å². The highest BCUT2D eigenvalue weighted by Gasteiger charge is 2.13. The molecule has 2 aromatic heterocycles. The summed E-state index contributed by atoms with van der Waals surface area (Å²) >= 11 is 5.79. The molecule has 0 spiro atoms. The predicted molar refractivity (Wildman–Crippen MR) is 93.3 cm³/mol. The van der Waals surface area contributed by atoms with E-state index in [2.05, 4.69) is 19.9 Å². The predicted octanol–water partition coefficient (Wildman–Crippen LogP) is 2.45. The summed E-state index contributed by atoms with van der Waals surface area (Å²) in [7, 11) is -3.46. The SMILES string of the molecule is O=S(=O)(Cc1ccc(Cl)cc1)NCCc1nnc(-c2ccccn2)o1. The smallest absolute Gasteiger partial charge is 0.266 e. The number of hydrogen-bond donors (Lipinski definition) is 1. The summed E-state index contributed by atoms with van der Waals surface area (Å²) in [4.78, 5) is 4.12. The Kier molecular flexibility index (Phi) is 5.42. The highest BCUT2D eigenvalue weighted by Crippen LogP contribution is 2.14. The molecule has 3 aromatic rings. The second kappa shape index (κ2) is 7.73. The average molecular weight is 379 g/mol. The first kappa shape index (κ1) is 17.5. The van der Waals surface area contributed by atoms with Crippen LogP contribution in [0.1, 0.15) is 11.5 Å². The summed E-state index contributed by atoms with van der Waals surface area (Å²) in [5.74, 6) is 0.530. The van der Waals surface area contributed by atoms with Gasteiger partial charge in [0.25, 0.3) is 5.89 Å². The molecule has 25 heavy (non-hydrogen) atoms. The quantitative estimate of drug-likeness (QED) is 0.678. The fraction of sp³-hybridized carbons (Fsp3) is 0.188. The summed E-state index contributed by atoms with van der Waals surface area (Å²) in [6.07, 6.45) is 1.92. The maximum absolute atomic E-state index is 12.1. The van der Waals surface area contributed by atoms with Gasteiger partial charge in [-0.2, -0.15) is 0 Å². The van der Waals surface area contributed by atoms with E-state index in [0.29, 0.717) is 34.5 Å². The van der Waals surface area contributed by atoms with Crippen molar-refractivity contribution < 1.29 is 12.8 Å². The molecular formula is C16H15ClN4O3S. The Morgan fingerprint density at radius 2 is 1.88 bits per heavy atom. The van der Waals surface area contributed by atoms with Gasteiger partial charge < -0.3 is 4.42 Å². The van der Waals surface area contributed by atoms with Gasteiger partial charge in [0, 0.05) is 24.2 Å². The minimum Gasteiger partial charge on any atom is -0.419 e. The first-order chi connectivity index (χ1) is 12.0. The Labute approximate surface area is 150 Å². The van der Waals surface area contributed by atoms with Crippen LogP contribution >= 0.6 is 11.6 Å². The van der Waals surface area contributed by atoms with E-state index in [-0.39, 0.29) is 12.3 Å². The van der Waals surface area contributed by atoms with Crippen LogP contribution < -0.4 is 4.72 Å². The monoisotopic (exact) mass is 378 g/mol. The second-order valence-corrected chi connectivity index (χ2v) is 7.49. The number of benzene rings is 1. The lowest BCUT2D eigenvalue weighted by atomic mass is 10.2. The Morgan fingerprint density at radius 1 is 1.08 bits per heavy atom. The van der Waals surface area contributed by atoms with Gasteiger partial charge in [-0.3, -0.25) is 4.98 Å². The second-order valence-electron chi connectivity index (χ2n) is 5.25. The van der Waals surface area contributed by atoms with Gasteiger partial charge in [-0.25, -0.2) is 13.1 Å². The lowest BCUT2D eigenvalue weighted by molar-refractivity contribution is 0.500. The van der Waals surface area contributed by atoms with Crippen LogP contribution in [0.4, 0.5) is 0 Å². The van der Waals surface area contributed by atoms with Gasteiger partial charge in [-0.1, -0.05) is 29.8 Å². The molecule has 130 valence electrons. The fourth-order valence-electron chi connectivity index (χ4n) is 2.11. The topological polar surface area (TPSA) is 98.0 Å². The van der Waals surface area contributed by atoms with Gasteiger partial charge >= 0.3 is 0 Å². The van der Waals surface area contributed by atoms with Gasteiger partial charge in [0.1, 0.15) is 5.69 Å². The molecule has 3 rings (SSSR count). The van der Waals surface area contributed by atoms with E-state index in [1.807, 2.05) is 6.07 Å².